The van der Waals surface area contributed by atoms with Crippen molar-refractivity contribution < 1.29 is 23.5 Å². The fourth-order valence-electron chi connectivity index (χ4n) is 3.88. The molecule has 0 saturated carbocycles. The molecule has 162 valence electrons. The number of fused-ring (bicyclic) bond motifs is 1. The highest BCUT2D eigenvalue weighted by atomic mass is 35.5. The van der Waals surface area contributed by atoms with Crippen LogP contribution >= 0.6 is 11.6 Å². The van der Waals surface area contributed by atoms with Gasteiger partial charge in [-0.2, -0.15) is 0 Å². The molecule has 31 heavy (non-hydrogen) atoms. The lowest BCUT2D eigenvalue weighted by atomic mass is 9.96. The number of esters is 1. The van der Waals surface area contributed by atoms with Crippen molar-refractivity contribution in [3.63, 3.8) is 0 Å². The van der Waals surface area contributed by atoms with Crippen molar-refractivity contribution in [3.05, 3.63) is 64.7 Å². The molecule has 1 unspecified atom stereocenters. The first-order valence-corrected chi connectivity index (χ1v) is 10.6. The van der Waals surface area contributed by atoms with Crippen LogP contribution in [0.4, 0.5) is 4.39 Å². The van der Waals surface area contributed by atoms with Crippen molar-refractivity contribution in [2.24, 2.45) is 0 Å². The molecule has 7 heteroatoms. The lowest BCUT2D eigenvalue weighted by Crippen LogP contribution is -2.59. The summed E-state index contributed by atoms with van der Waals surface area (Å²) in [4.78, 5) is 25.5. The van der Waals surface area contributed by atoms with E-state index in [1.165, 1.54) is 17.9 Å². The molecular formula is C24H23ClFNO4. The molecule has 1 atom stereocenters. The maximum absolute atomic E-state index is 13.7. The smallest absolute Gasteiger partial charge is 0.330 e. The van der Waals surface area contributed by atoms with Gasteiger partial charge in [0.2, 0.25) is 0 Å². The van der Waals surface area contributed by atoms with Crippen molar-refractivity contribution in [2.45, 2.75) is 32.0 Å². The molecular weight excluding hydrogens is 421 g/mol. The average Bonchev–Trinajstić information content (AvgIpc) is 3.14. The number of hydrogen-bond acceptors (Lipinski definition) is 4. The van der Waals surface area contributed by atoms with Gasteiger partial charge in [0, 0.05) is 23.6 Å². The van der Waals surface area contributed by atoms with E-state index >= 15 is 0 Å². The van der Waals surface area contributed by atoms with E-state index in [0.29, 0.717) is 29.4 Å². The summed E-state index contributed by atoms with van der Waals surface area (Å²) in [5.41, 5.74) is 2.00. The summed E-state index contributed by atoms with van der Waals surface area (Å²) in [6.07, 6.45) is 3.34. The standard InChI is InChI=1S/C24H23ClFNO4/c1-3-30-21(28)9-8-19-11-18-10-17(12-20(25)22(18)31-19)15-4-6-16(7-5-15)23(29)27-13-24(2,26)14-27/h4-10,12,19H,3,11,13-14H2,1-2H3. The molecule has 4 rings (SSSR count). The van der Waals surface area contributed by atoms with Crippen LogP contribution in [0.3, 0.4) is 0 Å². The molecule has 0 aromatic heterocycles. The molecule has 1 amide bonds. The molecule has 0 N–H and O–H groups in total. The van der Waals surface area contributed by atoms with Crippen LogP contribution in [0.2, 0.25) is 5.02 Å². The quantitative estimate of drug-likeness (QED) is 0.500. The third kappa shape index (κ3) is 4.59. The summed E-state index contributed by atoms with van der Waals surface area (Å²) in [5, 5.41) is 0.488. The highest BCUT2D eigenvalue weighted by Gasteiger charge is 2.41. The van der Waals surface area contributed by atoms with Crippen molar-refractivity contribution in [2.75, 3.05) is 19.7 Å². The summed E-state index contributed by atoms with van der Waals surface area (Å²) < 4.78 is 24.4. The maximum atomic E-state index is 13.7. The molecule has 2 heterocycles. The van der Waals surface area contributed by atoms with Crippen LogP contribution in [0, 0.1) is 0 Å². The minimum absolute atomic E-state index is 0.125. The summed E-state index contributed by atoms with van der Waals surface area (Å²) in [6.45, 7) is 3.82. The minimum Gasteiger partial charge on any atom is -0.484 e. The number of halogens is 2. The molecule has 1 fully saturated rings. The number of benzene rings is 2. The third-order valence-corrected chi connectivity index (χ3v) is 5.62. The van der Waals surface area contributed by atoms with Gasteiger partial charge in [0.25, 0.3) is 5.91 Å². The highest BCUT2D eigenvalue weighted by Crippen LogP contribution is 2.40. The van der Waals surface area contributed by atoms with Gasteiger partial charge >= 0.3 is 5.97 Å². The van der Waals surface area contributed by atoms with Gasteiger partial charge in [-0.25, -0.2) is 9.18 Å². The SMILES string of the molecule is CCOC(=O)C=CC1Cc2cc(-c3ccc(C(=O)N4CC(C)(F)C4)cc3)cc(Cl)c2O1. The third-order valence-electron chi connectivity index (χ3n) is 5.34. The molecule has 0 radical (unpaired) electrons. The Morgan fingerprint density at radius 1 is 1.26 bits per heavy atom. The lowest BCUT2D eigenvalue weighted by Gasteiger charge is -2.42. The number of hydrogen-bond donors (Lipinski definition) is 0. The minimum atomic E-state index is -1.29. The molecule has 0 spiro atoms. The highest BCUT2D eigenvalue weighted by molar-refractivity contribution is 6.32. The average molecular weight is 444 g/mol. The van der Waals surface area contributed by atoms with Crippen molar-refractivity contribution in [3.8, 4) is 16.9 Å². The van der Waals surface area contributed by atoms with Gasteiger partial charge in [0.15, 0.2) is 0 Å². The van der Waals surface area contributed by atoms with Gasteiger partial charge in [-0.1, -0.05) is 23.7 Å². The van der Waals surface area contributed by atoms with Crippen LogP contribution < -0.4 is 4.74 Å². The van der Waals surface area contributed by atoms with E-state index in [-0.39, 0.29) is 25.1 Å². The second kappa shape index (κ2) is 8.35. The molecule has 2 aliphatic rings. The number of carbonyl (C=O) groups excluding carboxylic acids is 2. The summed E-state index contributed by atoms with van der Waals surface area (Å²) >= 11 is 6.44. The van der Waals surface area contributed by atoms with E-state index in [2.05, 4.69) is 0 Å². The maximum Gasteiger partial charge on any atom is 0.330 e. The fraction of sp³-hybridized carbons (Fsp3) is 0.333. The Bertz CT molecular complexity index is 1040. The topological polar surface area (TPSA) is 55.8 Å². The van der Waals surface area contributed by atoms with Gasteiger partial charge < -0.3 is 14.4 Å². The Morgan fingerprint density at radius 3 is 2.61 bits per heavy atom. The number of rotatable bonds is 5. The molecule has 0 aliphatic carbocycles. The van der Waals surface area contributed by atoms with Crippen molar-refractivity contribution in [1.82, 2.24) is 4.90 Å². The van der Waals surface area contributed by atoms with Gasteiger partial charge in [-0.15, -0.1) is 0 Å². The summed E-state index contributed by atoms with van der Waals surface area (Å²) in [5.74, 6) is 0.0407. The first kappa shape index (κ1) is 21.4. The zero-order chi connectivity index (χ0) is 22.2. The van der Waals surface area contributed by atoms with E-state index in [4.69, 9.17) is 21.1 Å². The van der Waals surface area contributed by atoms with Crippen LogP contribution in [-0.4, -0.2) is 48.2 Å². The van der Waals surface area contributed by atoms with Crippen LogP contribution in [-0.2, 0) is 16.0 Å². The Kier molecular flexibility index (Phi) is 5.75. The Morgan fingerprint density at radius 2 is 1.97 bits per heavy atom. The van der Waals surface area contributed by atoms with Crippen molar-refractivity contribution in [1.29, 1.82) is 0 Å². The Labute approximate surface area is 185 Å². The fourth-order valence-corrected chi connectivity index (χ4v) is 4.16. The summed E-state index contributed by atoms with van der Waals surface area (Å²) in [7, 11) is 0. The van der Waals surface area contributed by atoms with Crippen molar-refractivity contribution >= 4 is 23.5 Å². The number of ether oxygens (including phenoxy) is 2. The number of amides is 1. The van der Waals surface area contributed by atoms with E-state index in [1.54, 1.807) is 25.1 Å². The molecule has 5 nitrogen and oxygen atoms in total. The Balaban J connectivity index is 1.47. The molecule has 2 aromatic carbocycles. The monoisotopic (exact) mass is 443 g/mol. The van der Waals surface area contributed by atoms with Crippen LogP contribution in [0.5, 0.6) is 5.75 Å². The molecule has 0 bridgehead atoms. The predicted octanol–water partition coefficient (Wildman–Crippen LogP) is 4.61. The van der Waals surface area contributed by atoms with Gasteiger partial charge in [0.1, 0.15) is 17.5 Å². The second-order valence-corrected chi connectivity index (χ2v) is 8.48. The van der Waals surface area contributed by atoms with E-state index < -0.39 is 11.6 Å². The van der Waals surface area contributed by atoms with Crippen LogP contribution in [0.25, 0.3) is 11.1 Å². The van der Waals surface area contributed by atoms with E-state index in [1.807, 2.05) is 24.3 Å². The van der Waals surface area contributed by atoms with Gasteiger partial charge in [-0.05, 0) is 55.3 Å². The van der Waals surface area contributed by atoms with Crippen LogP contribution in [0.15, 0.2) is 48.6 Å². The number of alkyl halides is 1. The predicted molar refractivity (Wildman–Crippen MR) is 116 cm³/mol. The molecule has 1 saturated heterocycles. The normalized spacial score (nSPS) is 19.0. The van der Waals surface area contributed by atoms with Crippen LogP contribution in [0.1, 0.15) is 29.8 Å². The van der Waals surface area contributed by atoms with Gasteiger partial charge in [0.05, 0.1) is 24.7 Å². The van der Waals surface area contributed by atoms with E-state index in [9.17, 15) is 14.0 Å². The molecule has 2 aromatic rings. The number of nitrogens with zero attached hydrogens (tertiary/aromatic N) is 1. The lowest BCUT2D eigenvalue weighted by molar-refractivity contribution is -0.137. The number of carbonyl (C=O) groups is 2. The first-order valence-electron chi connectivity index (χ1n) is 10.2. The van der Waals surface area contributed by atoms with Gasteiger partial charge in [-0.3, -0.25) is 4.79 Å². The zero-order valence-electron chi connectivity index (χ0n) is 17.4. The second-order valence-electron chi connectivity index (χ2n) is 8.07. The largest absolute Gasteiger partial charge is 0.484 e. The van der Waals surface area contributed by atoms with E-state index in [0.717, 1.165) is 16.7 Å². The number of likely N-dealkylation sites (tertiary alicyclic amines) is 1. The zero-order valence-corrected chi connectivity index (χ0v) is 18.1. The first-order chi connectivity index (χ1) is 14.8. The molecule has 2 aliphatic heterocycles. The summed E-state index contributed by atoms with van der Waals surface area (Å²) in [6, 6.07) is 11.0. The Hall–Kier alpha value is -2.86.